The largest absolute Gasteiger partial charge is 0.268 e. The topological polar surface area (TPSA) is 59.4 Å². The molecule has 5 nitrogen and oxygen atoms in total. The van der Waals surface area contributed by atoms with Crippen molar-refractivity contribution in [2.24, 2.45) is 7.05 Å². The Labute approximate surface area is 117 Å². The molecule has 3 aromatic rings. The Hall–Kier alpha value is -2.43. The Kier molecular flexibility index (Phi) is 3.33. The van der Waals surface area contributed by atoms with Crippen LogP contribution in [0.15, 0.2) is 36.5 Å². The number of hydrogen-bond donors (Lipinski definition) is 1. The van der Waals surface area contributed by atoms with Gasteiger partial charge in [-0.15, -0.1) is 0 Å². The number of aryl methyl sites for hydroxylation is 2. The molecule has 1 N–H and O–H groups in total. The predicted octanol–water partition coefficient (Wildman–Crippen LogP) is 2.82. The van der Waals surface area contributed by atoms with E-state index in [9.17, 15) is 0 Å². The number of aromatic amines is 1. The number of nitrogens with one attached hydrogen (secondary N) is 1. The summed E-state index contributed by atoms with van der Waals surface area (Å²) < 4.78 is 1.86. The summed E-state index contributed by atoms with van der Waals surface area (Å²) in [5.41, 5.74) is 3.21. The predicted molar refractivity (Wildman–Crippen MR) is 78.0 cm³/mol. The van der Waals surface area contributed by atoms with Gasteiger partial charge >= 0.3 is 0 Å². The summed E-state index contributed by atoms with van der Waals surface area (Å²) in [4.78, 5) is 4.53. The molecule has 2 heterocycles. The molecule has 0 saturated carbocycles. The zero-order valence-electron chi connectivity index (χ0n) is 11.7. The van der Waals surface area contributed by atoms with Crippen molar-refractivity contribution in [2.45, 2.75) is 19.8 Å². The minimum Gasteiger partial charge on any atom is -0.268 e. The summed E-state index contributed by atoms with van der Waals surface area (Å²) in [6.45, 7) is 2.13. The van der Waals surface area contributed by atoms with Crippen LogP contribution in [0, 0.1) is 0 Å². The van der Waals surface area contributed by atoms with E-state index in [0.29, 0.717) is 0 Å². The highest BCUT2D eigenvalue weighted by molar-refractivity contribution is 5.67. The standard InChI is InChI=1S/C15H17N5/c1-3-5-14-17-15(19-18-14)12-7-4-6-11(10-12)13-8-9-16-20(13)2/h4,6-10H,3,5H2,1-2H3,(H,17,18,19). The zero-order chi connectivity index (χ0) is 13.9. The van der Waals surface area contributed by atoms with Crippen LogP contribution in [0.5, 0.6) is 0 Å². The lowest BCUT2D eigenvalue weighted by Gasteiger charge is -2.03. The normalized spacial score (nSPS) is 10.9. The average Bonchev–Trinajstić information content (AvgIpc) is 3.08. The lowest BCUT2D eigenvalue weighted by Crippen LogP contribution is -1.93. The molecule has 1 aromatic carbocycles. The first kappa shape index (κ1) is 12.6. The van der Waals surface area contributed by atoms with E-state index in [1.807, 2.05) is 29.9 Å². The van der Waals surface area contributed by atoms with Crippen molar-refractivity contribution in [2.75, 3.05) is 0 Å². The summed E-state index contributed by atoms with van der Waals surface area (Å²) in [7, 11) is 1.94. The van der Waals surface area contributed by atoms with Crippen LogP contribution in [-0.4, -0.2) is 25.0 Å². The fourth-order valence-corrected chi connectivity index (χ4v) is 2.25. The Morgan fingerprint density at radius 2 is 2.05 bits per heavy atom. The summed E-state index contributed by atoms with van der Waals surface area (Å²) >= 11 is 0. The SMILES string of the molecule is CCCc1nc(-c2cccc(-c3ccnn3C)c2)n[nH]1. The zero-order valence-corrected chi connectivity index (χ0v) is 11.7. The van der Waals surface area contributed by atoms with Crippen molar-refractivity contribution >= 4 is 0 Å². The Morgan fingerprint density at radius 3 is 2.80 bits per heavy atom. The van der Waals surface area contributed by atoms with Gasteiger partial charge in [-0.1, -0.05) is 25.1 Å². The third-order valence-corrected chi connectivity index (χ3v) is 3.26. The number of H-pyrrole nitrogens is 1. The molecule has 0 saturated heterocycles. The number of nitrogens with zero attached hydrogens (tertiary/aromatic N) is 4. The van der Waals surface area contributed by atoms with Gasteiger partial charge in [-0.3, -0.25) is 9.78 Å². The molecule has 0 aliphatic heterocycles. The molecule has 5 heteroatoms. The molecule has 0 radical (unpaired) electrons. The van der Waals surface area contributed by atoms with Gasteiger partial charge in [0.1, 0.15) is 5.82 Å². The van der Waals surface area contributed by atoms with Crippen molar-refractivity contribution in [3.63, 3.8) is 0 Å². The van der Waals surface area contributed by atoms with Gasteiger partial charge in [-0.2, -0.15) is 10.2 Å². The highest BCUT2D eigenvalue weighted by atomic mass is 15.3. The van der Waals surface area contributed by atoms with E-state index < -0.39 is 0 Å². The highest BCUT2D eigenvalue weighted by Gasteiger charge is 2.08. The molecule has 3 rings (SSSR count). The molecule has 0 spiro atoms. The van der Waals surface area contributed by atoms with Crippen molar-refractivity contribution in [3.05, 3.63) is 42.4 Å². The van der Waals surface area contributed by atoms with Crippen LogP contribution in [0.1, 0.15) is 19.2 Å². The van der Waals surface area contributed by atoms with Crippen molar-refractivity contribution in [3.8, 4) is 22.6 Å². The fraction of sp³-hybridized carbons (Fsp3) is 0.267. The van der Waals surface area contributed by atoms with Gasteiger partial charge < -0.3 is 0 Å². The Morgan fingerprint density at radius 1 is 1.20 bits per heavy atom. The van der Waals surface area contributed by atoms with Gasteiger partial charge in [0, 0.05) is 30.8 Å². The lowest BCUT2D eigenvalue weighted by atomic mass is 10.1. The second kappa shape index (κ2) is 5.28. The smallest absolute Gasteiger partial charge is 0.181 e. The first-order valence-corrected chi connectivity index (χ1v) is 6.78. The molecule has 0 unspecified atom stereocenters. The van der Waals surface area contributed by atoms with Gasteiger partial charge in [0.2, 0.25) is 0 Å². The fourth-order valence-electron chi connectivity index (χ4n) is 2.25. The van der Waals surface area contributed by atoms with Crippen molar-refractivity contribution in [1.29, 1.82) is 0 Å². The van der Waals surface area contributed by atoms with E-state index in [4.69, 9.17) is 0 Å². The molecule has 2 aromatic heterocycles. The highest BCUT2D eigenvalue weighted by Crippen LogP contribution is 2.23. The molecule has 0 aliphatic rings. The molecular formula is C15H17N5. The third kappa shape index (κ3) is 2.34. The van der Waals surface area contributed by atoms with Crippen molar-refractivity contribution < 1.29 is 0 Å². The van der Waals surface area contributed by atoms with Gasteiger partial charge in [0.05, 0.1) is 5.69 Å². The Bertz CT molecular complexity index is 710. The van der Waals surface area contributed by atoms with Crippen LogP contribution in [0.4, 0.5) is 0 Å². The minimum atomic E-state index is 0.748. The van der Waals surface area contributed by atoms with E-state index in [-0.39, 0.29) is 0 Å². The van der Waals surface area contributed by atoms with E-state index in [2.05, 4.69) is 39.3 Å². The number of aromatic nitrogens is 5. The summed E-state index contributed by atoms with van der Waals surface area (Å²) in [5, 5.41) is 11.5. The van der Waals surface area contributed by atoms with Crippen molar-refractivity contribution in [1.82, 2.24) is 25.0 Å². The molecule has 20 heavy (non-hydrogen) atoms. The molecule has 0 atom stereocenters. The van der Waals surface area contributed by atoms with Gasteiger partial charge in [0.25, 0.3) is 0 Å². The summed E-state index contributed by atoms with van der Waals surface area (Å²) in [5.74, 6) is 1.69. The van der Waals surface area contributed by atoms with Gasteiger partial charge in [-0.05, 0) is 18.6 Å². The maximum absolute atomic E-state index is 4.53. The maximum Gasteiger partial charge on any atom is 0.181 e. The molecule has 0 amide bonds. The van der Waals surface area contributed by atoms with Crippen LogP contribution in [0.2, 0.25) is 0 Å². The molecule has 0 fully saturated rings. The van der Waals surface area contributed by atoms with Crippen LogP contribution in [-0.2, 0) is 13.5 Å². The molecule has 0 bridgehead atoms. The third-order valence-electron chi connectivity index (χ3n) is 3.26. The molecular weight excluding hydrogens is 250 g/mol. The first-order valence-electron chi connectivity index (χ1n) is 6.78. The summed E-state index contributed by atoms with van der Waals surface area (Å²) in [6, 6.07) is 10.2. The van der Waals surface area contributed by atoms with Crippen LogP contribution in [0.3, 0.4) is 0 Å². The molecule has 102 valence electrons. The maximum atomic E-state index is 4.53. The summed E-state index contributed by atoms with van der Waals surface area (Å²) in [6.07, 6.45) is 3.78. The van der Waals surface area contributed by atoms with E-state index in [0.717, 1.165) is 41.3 Å². The second-order valence-electron chi connectivity index (χ2n) is 4.78. The minimum absolute atomic E-state index is 0.748. The second-order valence-corrected chi connectivity index (χ2v) is 4.78. The van der Waals surface area contributed by atoms with E-state index in [1.165, 1.54) is 0 Å². The number of benzene rings is 1. The lowest BCUT2D eigenvalue weighted by molar-refractivity contribution is 0.776. The monoisotopic (exact) mass is 267 g/mol. The average molecular weight is 267 g/mol. The Balaban J connectivity index is 1.96. The van der Waals surface area contributed by atoms with Crippen LogP contribution in [0.25, 0.3) is 22.6 Å². The van der Waals surface area contributed by atoms with E-state index in [1.54, 1.807) is 6.20 Å². The van der Waals surface area contributed by atoms with Gasteiger partial charge in [-0.25, -0.2) is 4.98 Å². The van der Waals surface area contributed by atoms with Crippen LogP contribution >= 0.6 is 0 Å². The first-order chi connectivity index (χ1) is 9.78. The quantitative estimate of drug-likeness (QED) is 0.790. The number of hydrogen-bond acceptors (Lipinski definition) is 3. The number of rotatable bonds is 4. The molecule has 0 aliphatic carbocycles. The van der Waals surface area contributed by atoms with Crippen LogP contribution < -0.4 is 0 Å². The van der Waals surface area contributed by atoms with Gasteiger partial charge in [0.15, 0.2) is 5.82 Å². The van der Waals surface area contributed by atoms with E-state index >= 15 is 0 Å².